The Morgan fingerprint density at radius 1 is 1.27 bits per heavy atom. The predicted octanol–water partition coefficient (Wildman–Crippen LogP) is 2.07. The highest BCUT2D eigenvalue weighted by Gasteiger charge is 2.08. The highest BCUT2D eigenvalue weighted by atomic mass is 15.1. The maximum absolute atomic E-state index is 2.25. The van der Waals surface area contributed by atoms with E-state index >= 15 is 0 Å². The first-order chi connectivity index (χ1) is 5.36. The van der Waals surface area contributed by atoms with Gasteiger partial charge in [-0.1, -0.05) is 24.3 Å². The van der Waals surface area contributed by atoms with Gasteiger partial charge < -0.3 is 4.90 Å². The molecule has 0 saturated carbocycles. The van der Waals surface area contributed by atoms with Crippen LogP contribution < -0.4 is 0 Å². The molecule has 0 aromatic heterocycles. The molecule has 1 aliphatic heterocycles. The predicted molar refractivity (Wildman–Crippen MR) is 46.8 cm³/mol. The molecule has 0 spiro atoms. The molecule has 0 saturated heterocycles. The lowest BCUT2D eigenvalue weighted by molar-refractivity contribution is 0.566. The van der Waals surface area contributed by atoms with E-state index in [1.165, 1.54) is 5.70 Å². The van der Waals surface area contributed by atoms with Crippen molar-refractivity contribution >= 4 is 0 Å². The van der Waals surface area contributed by atoms with Crippen LogP contribution in [0.25, 0.3) is 0 Å². The van der Waals surface area contributed by atoms with Gasteiger partial charge in [0.15, 0.2) is 0 Å². The van der Waals surface area contributed by atoms with Crippen LogP contribution in [0.2, 0.25) is 0 Å². The smallest absolute Gasteiger partial charge is 0.0371 e. The number of fused-ring (bicyclic) bond motifs is 1. The number of rotatable bonds is 0. The second-order valence-corrected chi connectivity index (χ2v) is 2.87. The van der Waals surface area contributed by atoms with E-state index in [0.29, 0.717) is 5.92 Å². The largest absolute Gasteiger partial charge is 0.352 e. The number of allylic oxidation sites excluding steroid dienone is 6. The van der Waals surface area contributed by atoms with E-state index in [-0.39, 0.29) is 0 Å². The third kappa shape index (κ3) is 1.14. The topological polar surface area (TPSA) is 3.24 Å². The molecule has 56 valence electrons. The minimum atomic E-state index is 0.496. The SMILES string of the molecule is CN1C=CC2C=CC=CC1=C2. The van der Waals surface area contributed by atoms with Gasteiger partial charge in [0.1, 0.15) is 0 Å². The molecule has 1 heterocycles. The van der Waals surface area contributed by atoms with Crippen LogP contribution in [0.5, 0.6) is 0 Å². The van der Waals surface area contributed by atoms with Crippen molar-refractivity contribution in [3.63, 3.8) is 0 Å². The molecule has 0 aromatic carbocycles. The highest BCUT2D eigenvalue weighted by Crippen LogP contribution is 2.19. The molecule has 11 heavy (non-hydrogen) atoms. The van der Waals surface area contributed by atoms with Gasteiger partial charge in [0.25, 0.3) is 0 Å². The number of likely N-dealkylation sites (N-methyl/N-ethyl adjacent to an activating group) is 1. The molecule has 2 bridgehead atoms. The lowest BCUT2D eigenvalue weighted by atomic mass is 10.1. The summed E-state index contributed by atoms with van der Waals surface area (Å²) in [7, 11) is 2.06. The van der Waals surface area contributed by atoms with Crippen LogP contribution in [0.15, 0.2) is 48.4 Å². The Labute approximate surface area is 67.0 Å². The van der Waals surface area contributed by atoms with E-state index in [9.17, 15) is 0 Å². The van der Waals surface area contributed by atoms with Crippen LogP contribution in [-0.2, 0) is 0 Å². The fourth-order valence-corrected chi connectivity index (χ4v) is 1.32. The highest BCUT2D eigenvalue weighted by molar-refractivity contribution is 5.33. The summed E-state index contributed by atoms with van der Waals surface area (Å²) in [5.74, 6) is 0.496. The van der Waals surface area contributed by atoms with Crippen molar-refractivity contribution in [2.45, 2.75) is 0 Å². The first kappa shape index (κ1) is 6.47. The molecule has 0 aromatic rings. The molecule has 1 heteroatoms. The molecular weight excluding hydrogens is 134 g/mol. The zero-order valence-electron chi connectivity index (χ0n) is 6.57. The van der Waals surface area contributed by atoms with Crippen molar-refractivity contribution in [2.24, 2.45) is 5.92 Å². The second kappa shape index (κ2) is 2.42. The molecular formula is C10H11N. The van der Waals surface area contributed by atoms with Crippen LogP contribution in [0.3, 0.4) is 0 Å². The lowest BCUT2D eigenvalue weighted by Gasteiger charge is -2.20. The van der Waals surface area contributed by atoms with Crippen molar-refractivity contribution in [1.82, 2.24) is 4.90 Å². The van der Waals surface area contributed by atoms with Gasteiger partial charge in [-0.2, -0.15) is 0 Å². The van der Waals surface area contributed by atoms with Gasteiger partial charge in [-0.25, -0.2) is 0 Å². The summed E-state index contributed by atoms with van der Waals surface area (Å²) in [6.07, 6.45) is 15.0. The Hall–Kier alpha value is -1.24. The summed E-state index contributed by atoms with van der Waals surface area (Å²) >= 11 is 0. The summed E-state index contributed by atoms with van der Waals surface area (Å²) in [4.78, 5) is 2.12. The van der Waals surface area contributed by atoms with Gasteiger partial charge >= 0.3 is 0 Å². The molecule has 0 amide bonds. The molecule has 0 fully saturated rings. The van der Waals surface area contributed by atoms with Crippen molar-refractivity contribution in [3.05, 3.63) is 48.4 Å². The van der Waals surface area contributed by atoms with Crippen molar-refractivity contribution in [3.8, 4) is 0 Å². The third-order valence-electron chi connectivity index (χ3n) is 2.01. The quantitative estimate of drug-likeness (QED) is 0.504. The summed E-state index contributed by atoms with van der Waals surface area (Å²) in [5, 5.41) is 0. The first-order valence-corrected chi connectivity index (χ1v) is 3.84. The molecule has 0 N–H and O–H groups in total. The Bertz CT molecular complexity index is 269. The van der Waals surface area contributed by atoms with Crippen molar-refractivity contribution < 1.29 is 0 Å². The van der Waals surface area contributed by atoms with Gasteiger partial charge in [-0.05, 0) is 12.2 Å². The van der Waals surface area contributed by atoms with Gasteiger partial charge in [-0.3, -0.25) is 0 Å². The summed E-state index contributed by atoms with van der Waals surface area (Å²) in [6, 6.07) is 0. The van der Waals surface area contributed by atoms with Gasteiger partial charge in [-0.15, -0.1) is 0 Å². The van der Waals surface area contributed by atoms with Gasteiger partial charge in [0.05, 0.1) is 0 Å². The molecule has 0 radical (unpaired) electrons. The lowest BCUT2D eigenvalue weighted by Crippen LogP contribution is -2.13. The Balaban J connectivity index is 2.37. The minimum Gasteiger partial charge on any atom is -0.352 e. The van der Waals surface area contributed by atoms with Crippen molar-refractivity contribution in [2.75, 3.05) is 7.05 Å². The van der Waals surface area contributed by atoms with E-state index in [4.69, 9.17) is 0 Å². The Kier molecular flexibility index (Phi) is 1.42. The van der Waals surface area contributed by atoms with Crippen LogP contribution in [-0.4, -0.2) is 11.9 Å². The van der Waals surface area contributed by atoms with E-state index in [1.54, 1.807) is 0 Å². The van der Waals surface area contributed by atoms with E-state index < -0.39 is 0 Å². The molecule has 2 aliphatic rings. The zero-order valence-corrected chi connectivity index (χ0v) is 6.57. The second-order valence-electron chi connectivity index (χ2n) is 2.87. The van der Waals surface area contributed by atoms with Crippen LogP contribution in [0, 0.1) is 5.92 Å². The number of hydrogen-bond donors (Lipinski definition) is 0. The fourth-order valence-electron chi connectivity index (χ4n) is 1.32. The zero-order chi connectivity index (χ0) is 7.68. The average Bonchev–Trinajstić information content (AvgIpc) is 2.21. The monoisotopic (exact) mass is 145 g/mol. The standard InChI is InChI=1S/C10H11N/c1-11-7-6-9-4-2-3-5-10(11)8-9/h2-9H,1H3. The Morgan fingerprint density at radius 2 is 2.18 bits per heavy atom. The van der Waals surface area contributed by atoms with Gasteiger partial charge in [0.2, 0.25) is 0 Å². The maximum atomic E-state index is 2.25. The van der Waals surface area contributed by atoms with E-state index in [1.807, 2.05) is 0 Å². The van der Waals surface area contributed by atoms with Crippen LogP contribution >= 0.6 is 0 Å². The fraction of sp³-hybridized carbons (Fsp3) is 0.200. The normalized spacial score (nSPS) is 26.8. The summed E-state index contributed by atoms with van der Waals surface area (Å²) in [5.41, 5.74) is 1.28. The third-order valence-corrected chi connectivity index (χ3v) is 2.01. The molecule has 1 atom stereocenters. The Morgan fingerprint density at radius 3 is 3.09 bits per heavy atom. The minimum absolute atomic E-state index is 0.496. The first-order valence-electron chi connectivity index (χ1n) is 3.84. The number of hydrogen-bond acceptors (Lipinski definition) is 1. The summed E-state index contributed by atoms with van der Waals surface area (Å²) in [6.45, 7) is 0. The average molecular weight is 145 g/mol. The molecule has 1 unspecified atom stereocenters. The molecule has 2 rings (SSSR count). The molecule has 1 nitrogen and oxygen atoms in total. The summed E-state index contributed by atoms with van der Waals surface area (Å²) < 4.78 is 0. The van der Waals surface area contributed by atoms with Crippen molar-refractivity contribution in [1.29, 1.82) is 0 Å². The van der Waals surface area contributed by atoms with Gasteiger partial charge in [0, 0.05) is 24.9 Å². The maximum Gasteiger partial charge on any atom is 0.0371 e. The van der Waals surface area contributed by atoms with Crippen LogP contribution in [0.4, 0.5) is 0 Å². The van der Waals surface area contributed by atoms with Crippen LogP contribution in [0.1, 0.15) is 0 Å². The van der Waals surface area contributed by atoms with E-state index in [2.05, 4.69) is 54.6 Å². The van der Waals surface area contributed by atoms with E-state index in [0.717, 1.165) is 0 Å². The molecule has 1 aliphatic carbocycles. The number of nitrogens with zero attached hydrogens (tertiary/aromatic N) is 1.